The second-order valence-electron chi connectivity index (χ2n) is 6.76. The first-order chi connectivity index (χ1) is 13.1. The van der Waals surface area contributed by atoms with Gasteiger partial charge in [0.05, 0.1) is 10.5 Å². The number of fused-ring (bicyclic) bond motifs is 1. The Morgan fingerprint density at radius 1 is 1.26 bits per heavy atom. The van der Waals surface area contributed by atoms with Gasteiger partial charge in [-0.15, -0.1) is 0 Å². The summed E-state index contributed by atoms with van der Waals surface area (Å²) in [5.41, 5.74) is 2.70. The molecule has 1 aromatic heterocycles. The summed E-state index contributed by atoms with van der Waals surface area (Å²) in [5, 5.41) is 13.5. The summed E-state index contributed by atoms with van der Waals surface area (Å²) in [4.78, 5) is 22.3. The van der Waals surface area contributed by atoms with E-state index in [-0.39, 0.29) is 17.7 Å². The quantitative estimate of drug-likeness (QED) is 0.645. The molecule has 1 amide bonds. The standard InChI is InChI=1S/C20H21ClN4O2/c21-15-2-1-3-16-20(15)24-18(23-16)8-9-19(27)25-11-10-22-17(12-25)13-4-6-14(26)7-5-13/h1-7,17,22,26H,8-12H2,(H,23,24). The van der Waals surface area contributed by atoms with Crippen molar-refractivity contribution in [1.82, 2.24) is 20.2 Å². The van der Waals surface area contributed by atoms with E-state index in [4.69, 9.17) is 11.6 Å². The van der Waals surface area contributed by atoms with Gasteiger partial charge in [-0.25, -0.2) is 4.98 Å². The van der Waals surface area contributed by atoms with E-state index >= 15 is 0 Å². The van der Waals surface area contributed by atoms with Crippen LogP contribution in [-0.4, -0.2) is 45.5 Å². The summed E-state index contributed by atoms with van der Waals surface area (Å²) in [6, 6.07) is 12.8. The molecule has 1 fully saturated rings. The van der Waals surface area contributed by atoms with Crippen molar-refractivity contribution in [3.8, 4) is 5.75 Å². The van der Waals surface area contributed by atoms with Crippen molar-refractivity contribution < 1.29 is 9.90 Å². The molecule has 1 aliphatic rings. The smallest absolute Gasteiger partial charge is 0.223 e. The third-order valence-corrected chi connectivity index (χ3v) is 5.22. The summed E-state index contributed by atoms with van der Waals surface area (Å²) in [7, 11) is 0. The molecule has 7 heteroatoms. The van der Waals surface area contributed by atoms with E-state index < -0.39 is 0 Å². The van der Waals surface area contributed by atoms with Gasteiger partial charge in [-0.3, -0.25) is 4.79 Å². The zero-order valence-corrected chi connectivity index (χ0v) is 15.5. The van der Waals surface area contributed by atoms with Crippen molar-refractivity contribution in [3.05, 3.63) is 58.9 Å². The number of aromatic amines is 1. The molecule has 1 saturated heterocycles. The second-order valence-corrected chi connectivity index (χ2v) is 7.16. The molecule has 0 bridgehead atoms. The minimum absolute atomic E-state index is 0.0771. The summed E-state index contributed by atoms with van der Waals surface area (Å²) < 4.78 is 0. The highest BCUT2D eigenvalue weighted by atomic mass is 35.5. The molecule has 3 N–H and O–H groups in total. The van der Waals surface area contributed by atoms with E-state index in [9.17, 15) is 9.90 Å². The average Bonchev–Trinajstić information content (AvgIpc) is 3.11. The number of rotatable bonds is 4. The van der Waals surface area contributed by atoms with E-state index in [1.165, 1.54) is 0 Å². The second kappa shape index (κ2) is 7.58. The van der Waals surface area contributed by atoms with Gasteiger partial charge in [-0.05, 0) is 29.8 Å². The predicted molar refractivity (Wildman–Crippen MR) is 105 cm³/mol. The number of carbonyl (C=O) groups excluding carboxylic acids is 1. The van der Waals surface area contributed by atoms with Gasteiger partial charge in [0.25, 0.3) is 0 Å². The van der Waals surface area contributed by atoms with Crippen molar-refractivity contribution in [2.45, 2.75) is 18.9 Å². The molecule has 0 spiro atoms. The Kier molecular flexibility index (Phi) is 5.01. The molecule has 0 aliphatic carbocycles. The fourth-order valence-corrected chi connectivity index (χ4v) is 3.67. The van der Waals surface area contributed by atoms with Crippen molar-refractivity contribution in [3.63, 3.8) is 0 Å². The van der Waals surface area contributed by atoms with Crippen LogP contribution < -0.4 is 5.32 Å². The minimum atomic E-state index is 0.0771. The topological polar surface area (TPSA) is 81.2 Å². The molecule has 1 aliphatic heterocycles. The zero-order valence-electron chi connectivity index (χ0n) is 14.8. The first-order valence-electron chi connectivity index (χ1n) is 9.03. The molecule has 2 aromatic carbocycles. The highest BCUT2D eigenvalue weighted by Gasteiger charge is 2.24. The summed E-state index contributed by atoms with van der Waals surface area (Å²) in [5.74, 6) is 1.14. The van der Waals surface area contributed by atoms with Crippen molar-refractivity contribution in [1.29, 1.82) is 0 Å². The van der Waals surface area contributed by atoms with E-state index in [2.05, 4.69) is 15.3 Å². The lowest BCUT2D eigenvalue weighted by atomic mass is 10.0. The lowest BCUT2D eigenvalue weighted by Crippen LogP contribution is -2.48. The van der Waals surface area contributed by atoms with Crippen molar-refractivity contribution >= 4 is 28.5 Å². The fourth-order valence-electron chi connectivity index (χ4n) is 3.46. The van der Waals surface area contributed by atoms with E-state index in [1.807, 2.05) is 35.2 Å². The molecule has 0 saturated carbocycles. The maximum Gasteiger partial charge on any atom is 0.223 e. The number of nitrogens with one attached hydrogen (secondary N) is 2. The van der Waals surface area contributed by atoms with Crippen LogP contribution >= 0.6 is 11.6 Å². The number of aromatic hydroxyl groups is 1. The number of aromatic nitrogens is 2. The van der Waals surface area contributed by atoms with Crippen molar-refractivity contribution in [2.75, 3.05) is 19.6 Å². The number of hydrogen-bond acceptors (Lipinski definition) is 4. The SMILES string of the molecule is O=C(CCc1nc2c(Cl)cccc2[nH]1)N1CCNC(c2ccc(O)cc2)C1. The third kappa shape index (κ3) is 3.91. The van der Waals surface area contributed by atoms with Crippen LogP contribution in [0.25, 0.3) is 11.0 Å². The number of H-pyrrole nitrogens is 1. The number of imidazole rings is 1. The number of piperazine rings is 1. The van der Waals surface area contributed by atoms with Crippen LogP contribution in [0.15, 0.2) is 42.5 Å². The molecule has 3 aromatic rings. The van der Waals surface area contributed by atoms with Gasteiger partial charge in [0.1, 0.15) is 17.1 Å². The lowest BCUT2D eigenvalue weighted by molar-refractivity contribution is -0.132. The number of halogens is 1. The largest absolute Gasteiger partial charge is 0.508 e. The molecular weight excluding hydrogens is 364 g/mol. The molecule has 2 heterocycles. The van der Waals surface area contributed by atoms with Gasteiger partial charge in [0.2, 0.25) is 5.91 Å². The van der Waals surface area contributed by atoms with Gasteiger partial charge < -0.3 is 20.3 Å². The summed E-state index contributed by atoms with van der Waals surface area (Å²) >= 11 is 6.16. The van der Waals surface area contributed by atoms with Gasteiger partial charge >= 0.3 is 0 Å². The zero-order chi connectivity index (χ0) is 18.8. The Labute approximate surface area is 162 Å². The van der Waals surface area contributed by atoms with Gasteiger partial charge in [0, 0.05) is 38.5 Å². The van der Waals surface area contributed by atoms with Gasteiger partial charge in [0.15, 0.2) is 0 Å². The predicted octanol–water partition coefficient (Wildman–Crippen LogP) is 3.03. The van der Waals surface area contributed by atoms with E-state index in [0.29, 0.717) is 31.0 Å². The van der Waals surface area contributed by atoms with Gasteiger partial charge in [-0.1, -0.05) is 29.8 Å². The number of carbonyl (C=O) groups is 1. The third-order valence-electron chi connectivity index (χ3n) is 4.91. The Morgan fingerprint density at radius 3 is 2.85 bits per heavy atom. The number of benzene rings is 2. The molecule has 1 unspecified atom stereocenters. The monoisotopic (exact) mass is 384 g/mol. The molecule has 6 nitrogen and oxygen atoms in total. The maximum absolute atomic E-state index is 12.7. The highest BCUT2D eigenvalue weighted by molar-refractivity contribution is 6.34. The Hall–Kier alpha value is -2.57. The first kappa shape index (κ1) is 17.8. The Morgan fingerprint density at radius 2 is 2.07 bits per heavy atom. The number of para-hydroxylation sites is 1. The molecule has 140 valence electrons. The van der Waals surface area contributed by atoms with Crippen LogP contribution in [0.1, 0.15) is 23.9 Å². The molecule has 4 rings (SSSR count). The van der Waals surface area contributed by atoms with E-state index in [0.717, 1.165) is 29.0 Å². The van der Waals surface area contributed by atoms with Crippen LogP contribution in [0.5, 0.6) is 5.75 Å². The molecular formula is C20H21ClN4O2. The van der Waals surface area contributed by atoms with Crippen LogP contribution in [0.4, 0.5) is 0 Å². The summed E-state index contributed by atoms with van der Waals surface area (Å²) in [6.07, 6.45) is 0.956. The number of phenols is 1. The Balaban J connectivity index is 1.38. The van der Waals surface area contributed by atoms with E-state index in [1.54, 1.807) is 12.1 Å². The number of nitrogens with zero attached hydrogens (tertiary/aromatic N) is 2. The minimum Gasteiger partial charge on any atom is -0.508 e. The first-order valence-corrected chi connectivity index (χ1v) is 9.41. The van der Waals surface area contributed by atoms with Crippen molar-refractivity contribution in [2.24, 2.45) is 0 Å². The highest BCUT2D eigenvalue weighted by Crippen LogP contribution is 2.22. The average molecular weight is 385 g/mol. The molecule has 27 heavy (non-hydrogen) atoms. The molecule has 0 radical (unpaired) electrons. The lowest BCUT2D eigenvalue weighted by Gasteiger charge is -2.34. The number of hydrogen-bond donors (Lipinski definition) is 3. The van der Waals surface area contributed by atoms with Crippen LogP contribution in [-0.2, 0) is 11.2 Å². The maximum atomic E-state index is 12.7. The van der Waals surface area contributed by atoms with Crippen LogP contribution in [0.3, 0.4) is 0 Å². The Bertz CT molecular complexity index is 954. The summed E-state index contributed by atoms with van der Waals surface area (Å²) in [6.45, 7) is 2.06. The number of phenolic OH excluding ortho intramolecular Hbond substituents is 1. The van der Waals surface area contributed by atoms with Gasteiger partial charge in [-0.2, -0.15) is 0 Å². The molecule has 1 atom stereocenters. The number of amides is 1. The normalized spacial score (nSPS) is 17.4. The fraction of sp³-hybridized carbons (Fsp3) is 0.300. The van der Waals surface area contributed by atoms with Crippen LogP contribution in [0.2, 0.25) is 5.02 Å². The number of aryl methyl sites for hydroxylation is 1. The van der Waals surface area contributed by atoms with Crippen LogP contribution in [0, 0.1) is 0 Å².